The van der Waals surface area contributed by atoms with Crippen molar-refractivity contribution in [2.24, 2.45) is 17.6 Å². The Bertz CT molecular complexity index is 660. The van der Waals surface area contributed by atoms with Crippen molar-refractivity contribution in [3.8, 4) is 0 Å². The van der Waals surface area contributed by atoms with Crippen molar-refractivity contribution in [3.05, 3.63) is 0 Å². The molecular weight excluding hydrogens is 494 g/mol. The number of hydrogen-bond acceptors (Lipinski definition) is 3. The molecule has 3 rings (SSSR count). The van der Waals surface area contributed by atoms with Gasteiger partial charge in [0.2, 0.25) is 11.8 Å². The van der Waals surface area contributed by atoms with E-state index in [4.69, 9.17) is 5.73 Å². The first-order valence-electron chi connectivity index (χ1n) is 18.0. The minimum atomic E-state index is 0.0306. The highest BCUT2D eigenvalue weighted by Crippen LogP contribution is 2.26. The standard InChI is InChI=1S/C35H65N3O2/c36-31-25-26-33(37-34(39)27-29-19-13-9-5-1-2-6-10-14-20-29)24-18-17-21-30(28-31)35(40)38-32-22-15-11-7-3-4-8-12-16-23-32/h29-33H,1-28,36H2,(H,37,39)(H,38,40). The van der Waals surface area contributed by atoms with Crippen LogP contribution in [0.25, 0.3) is 0 Å². The maximum absolute atomic E-state index is 13.4. The molecule has 2 amide bonds. The molecule has 5 nitrogen and oxygen atoms in total. The lowest BCUT2D eigenvalue weighted by molar-refractivity contribution is -0.126. The maximum atomic E-state index is 13.4. The summed E-state index contributed by atoms with van der Waals surface area (Å²) in [6.45, 7) is 0. The summed E-state index contributed by atoms with van der Waals surface area (Å²) in [5.41, 5.74) is 6.61. The fourth-order valence-electron chi connectivity index (χ4n) is 7.60. The molecule has 0 heterocycles. The molecule has 232 valence electrons. The average Bonchev–Trinajstić information content (AvgIpc) is 3.04. The summed E-state index contributed by atoms with van der Waals surface area (Å²) in [5.74, 6) is 1.10. The Balaban J connectivity index is 1.42. The predicted octanol–water partition coefficient (Wildman–Crippen LogP) is 8.48. The van der Waals surface area contributed by atoms with E-state index in [1.54, 1.807) is 0 Å². The molecule has 4 N–H and O–H groups in total. The summed E-state index contributed by atoms with van der Waals surface area (Å²) in [5, 5.41) is 6.89. The lowest BCUT2D eigenvalue weighted by atomic mass is 9.87. The van der Waals surface area contributed by atoms with Gasteiger partial charge in [-0.2, -0.15) is 0 Å². The summed E-state index contributed by atoms with van der Waals surface area (Å²) in [7, 11) is 0. The zero-order chi connectivity index (χ0) is 28.3. The van der Waals surface area contributed by atoms with Gasteiger partial charge in [0, 0.05) is 30.5 Å². The lowest BCUT2D eigenvalue weighted by Crippen LogP contribution is -2.42. The fraction of sp³-hybridized carbons (Fsp3) is 0.943. The third kappa shape index (κ3) is 14.7. The summed E-state index contributed by atoms with van der Waals surface area (Å²) in [6.07, 6.45) is 33.3. The second kappa shape index (κ2) is 20.7. The molecule has 3 aliphatic carbocycles. The Kier molecular flexibility index (Phi) is 17.3. The molecule has 0 aromatic rings. The van der Waals surface area contributed by atoms with Crippen LogP contribution in [0.4, 0.5) is 0 Å². The zero-order valence-corrected chi connectivity index (χ0v) is 26.1. The van der Waals surface area contributed by atoms with Gasteiger partial charge in [-0.1, -0.05) is 116 Å². The Labute approximate surface area is 247 Å². The second-order valence-corrected chi connectivity index (χ2v) is 13.9. The molecule has 0 bridgehead atoms. The van der Waals surface area contributed by atoms with Crippen LogP contribution in [0, 0.1) is 11.8 Å². The summed E-state index contributed by atoms with van der Waals surface area (Å²) in [6, 6.07) is 0.606. The molecule has 0 aromatic carbocycles. The third-order valence-corrected chi connectivity index (χ3v) is 10.2. The molecule has 3 unspecified atom stereocenters. The Morgan fingerprint density at radius 1 is 0.500 bits per heavy atom. The first-order chi connectivity index (χ1) is 19.6. The van der Waals surface area contributed by atoms with E-state index in [-0.39, 0.29) is 29.8 Å². The SMILES string of the molecule is NC1CCC(NC(=O)CC2CCCCCCCCCC2)CCCCC(C(=O)NC2CCCCCCCCCC2)C1. The molecule has 0 spiro atoms. The smallest absolute Gasteiger partial charge is 0.223 e. The Morgan fingerprint density at radius 3 is 1.48 bits per heavy atom. The van der Waals surface area contributed by atoms with Crippen molar-refractivity contribution in [2.45, 2.75) is 198 Å². The molecule has 3 saturated carbocycles. The van der Waals surface area contributed by atoms with Crippen molar-refractivity contribution in [3.63, 3.8) is 0 Å². The van der Waals surface area contributed by atoms with Crippen LogP contribution in [0.5, 0.6) is 0 Å². The van der Waals surface area contributed by atoms with E-state index >= 15 is 0 Å². The number of amides is 2. The number of carbonyl (C=O) groups is 2. The van der Waals surface area contributed by atoms with E-state index in [1.165, 1.54) is 116 Å². The molecule has 0 aliphatic heterocycles. The van der Waals surface area contributed by atoms with E-state index < -0.39 is 0 Å². The normalized spacial score (nSPS) is 28.8. The van der Waals surface area contributed by atoms with Gasteiger partial charge in [-0.3, -0.25) is 9.59 Å². The van der Waals surface area contributed by atoms with Crippen LogP contribution in [0.2, 0.25) is 0 Å². The second-order valence-electron chi connectivity index (χ2n) is 13.9. The number of rotatable bonds is 5. The van der Waals surface area contributed by atoms with Gasteiger partial charge in [0.1, 0.15) is 0 Å². The summed E-state index contributed by atoms with van der Waals surface area (Å²) >= 11 is 0. The van der Waals surface area contributed by atoms with E-state index in [0.29, 0.717) is 18.4 Å². The minimum absolute atomic E-state index is 0.0306. The molecule has 3 atom stereocenters. The number of nitrogens with two attached hydrogens (primary N) is 1. The van der Waals surface area contributed by atoms with Gasteiger partial charge in [0.25, 0.3) is 0 Å². The van der Waals surface area contributed by atoms with Gasteiger partial charge in [0.15, 0.2) is 0 Å². The van der Waals surface area contributed by atoms with Gasteiger partial charge in [-0.15, -0.1) is 0 Å². The van der Waals surface area contributed by atoms with Crippen molar-refractivity contribution >= 4 is 11.8 Å². The highest BCUT2D eigenvalue weighted by atomic mass is 16.2. The monoisotopic (exact) mass is 560 g/mol. The first kappa shape index (κ1) is 33.4. The number of carbonyl (C=O) groups excluding carboxylic acids is 2. The van der Waals surface area contributed by atoms with Crippen LogP contribution in [0.1, 0.15) is 180 Å². The Morgan fingerprint density at radius 2 is 0.925 bits per heavy atom. The van der Waals surface area contributed by atoms with Crippen molar-refractivity contribution in [1.82, 2.24) is 10.6 Å². The van der Waals surface area contributed by atoms with E-state index in [0.717, 1.165) is 57.8 Å². The van der Waals surface area contributed by atoms with Crippen LogP contribution >= 0.6 is 0 Å². The first-order valence-corrected chi connectivity index (χ1v) is 18.0. The van der Waals surface area contributed by atoms with Crippen molar-refractivity contribution < 1.29 is 9.59 Å². The molecule has 5 heteroatoms. The quantitative estimate of drug-likeness (QED) is 0.316. The van der Waals surface area contributed by atoms with E-state index in [9.17, 15) is 9.59 Å². The molecule has 3 aliphatic rings. The molecule has 0 radical (unpaired) electrons. The van der Waals surface area contributed by atoms with Crippen LogP contribution in [0.15, 0.2) is 0 Å². The molecule has 40 heavy (non-hydrogen) atoms. The number of hydrogen-bond donors (Lipinski definition) is 3. The fourth-order valence-corrected chi connectivity index (χ4v) is 7.60. The van der Waals surface area contributed by atoms with Gasteiger partial charge in [-0.25, -0.2) is 0 Å². The summed E-state index contributed by atoms with van der Waals surface area (Å²) < 4.78 is 0. The minimum Gasteiger partial charge on any atom is -0.353 e. The van der Waals surface area contributed by atoms with Crippen molar-refractivity contribution in [2.75, 3.05) is 0 Å². The molecule has 3 fully saturated rings. The molecule has 0 aromatic heterocycles. The predicted molar refractivity (Wildman–Crippen MR) is 168 cm³/mol. The van der Waals surface area contributed by atoms with E-state index in [2.05, 4.69) is 10.6 Å². The van der Waals surface area contributed by atoms with Gasteiger partial charge >= 0.3 is 0 Å². The van der Waals surface area contributed by atoms with Gasteiger partial charge < -0.3 is 16.4 Å². The lowest BCUT2D eigenvalue weighted by Gasteiger charge is -2.28. The largest absolute Gasteiger partial charge is 0.353 e. The van der Waals surface area contributed by atoms with Gasteiger partial charge in [0.05, 0.1) is 0 Å². The topological polar surface area (TPSA) is 84.2 Å². The summed E-state index contributed by atoms with van der Waals surface area (Å²) in [4.78, 5) is 26.4. The van der Waals surface area contributed by atoms with Crippen LogP contribution < -0.4 is 16.4 Å². The van der Waals surface area contributed by atoms with Crippen LogP contribution in [-0.2, 0) is 9.59 Å². The zero-order valence-electron chi connectivity index (χ0n) is 26.1. The van der Waals surface area contributed by atoms with E-state index in [1.807, 2.05) is 0 Å². The maximum Gasteiger partial charge on any atom is 0.223 e. The highest BCUT2D eigenvalue weighted by molar-refractivity contribution is 5.79. The Hall–Kier alpha value is -1.10. The average molecular weight is 560 g/mol. The van der Waals surface area contributed by atoms with Gasteiger partial charge in [-0.05, 0) is 63.7 Å². The molecule has 0 saturated heterocycles. The van der Waals surface area contributed by atoms with Crippen molar-refractivity contribution in [1.29, 1.82) is 0 Å². The van der Waals surface area contributed by atoms with Crippen LogP contribution in [0.3, 0.4) is 0 Å². The third-order valence-electron chi connectivity index (χ3n) is 10.2. The highest BCUT2D eigenvalue weighted by Gasteiger charge is 2.26. The van der Waals surface area contributed by atoms with Crippen LogP contribution in [-0.4, -0.2) is 29.9 Å². The molecular formula is C35H65N3O2. The number of nitrogens with one attached hydrogen (secondary N) is 2.